The first kappa shape index (κ1) is 50.2. The van der Waals surface area contributed by atoms with Crippen molar-refractivity contribution >= 4 is 95.1 Å². The first-order chi connectivity index (χ1) is 32.0. The summed E-state index contributed by atoms with van der Waals surface area (Å²) in [5.74, 6) is -1.38. The lowest BCUT2D eigenvalue weighted by atomic mass is 10.1. The van der Waals surface area contributed by atoms with Gasteiger partial charge in [-0.1, -0.05) is 22.2 Å². The van der Waals surface area contributed by atoms with Crippen LogP contribution in [0.5, 0.6) is 17.4 Å². The lowest BCUT2D eigenvalue weighted by molar-refractivity contribution is -0.432. The lowest BCUT2D eigenvalue weighted by Crippen LogP contribution is -2.08. The average molecular weight is 1000 g/mol. The van der Waals surface area contributed by atoms with E-state index in [2.05, 4.69) is 60.5 Å². The van der Waals surface area contributed by atoms with Crippen molar-refractivity contribution in [2.45, 2.75) is 43.4 Å². The van der Waals surface area contributed by atoms with Crippen LogP contribution < -0.4 is 9.47 Å². The van der Waals surface area contributed by atoms with Crippen LogP contribution in [0.1, 0.15) is 35.1 Å². The standard InChI is InChI=1S/C39H37N9O15S4/c1-22-14-32(35(58-10-6-12-66(52,53)54)19-30(22)43-42-25-16-26(64-62-60-50)18-27(17-25)65-63-61-51)45-44-31-20-36(59-11-7-13-67(55,56)57)33(15-23(31)2)46-47-37-24(3)28(21-40)38-41-29-8-4-5-9-34(29)48(38)39(37)49/h4-5,8-9,14-20,49-51H,6-7,10-13H2,1-3H3,(H,52,53,54)(H,55,56,57). The van der Waals surface area contributed by atoms with E-state index in [0.717, 1.165) is 0 Å². The molecule has 0 saturated carbocycles. The van der Waals surface area contributed by atoms with Gasteiger partial charge in [-0.2, -0.15) is 37.4 Å². The van der Waals surface area contributed by atoms with Gasteiger partial charge in [0.2, 0.25) is 5.88 Å². The Morgan fingerprint density at radius 3 is 1.73 bits per heavy atom. The van der Waals surface area contributed by atoms with Crippen molar-refractivity contribution in [3.8, 4) is 23.4 Å². The smallest absolute Gasteiger partial charge is 0.264 e. The second kappa shape index (κ2) is 22.5. The van der Waals surface area contributed by atoms with Gasteiger partial charge in [0.05, 0.1) is 76.9 Å². The summed E-state index contributed by atoms with van der Waals surface area (Å²) in [5.41, 5.74) is 3.74. The third kappa shape index (κ3) is 13.5. The van der Waals surface area contributed by atoms with Gasteiger partial charge in [0.15, 0.2) is 11.3 Å². The highest BCUT2D eigenvalue weighted by atomic mass is 32.2. The first-order valence-electron chi connectivity index (χ1n) is 19.2. The summed E-state index contributed by atoms with van der Waals surface area (Å²) < 4.78 is 86.5. The Morgan fingerprint density at radius 1 is 0.701 bits per heavy atom. The SMILES string of the molecule is Cc1cc(N=Nc2cc(OCCCS(=O)(=O)O)c(N=Nc3c(C)c(C#N)c4nc5ccccc5n4c3O)cc2C)c(OCCCS(=O)(=O)O)cc1N=Nc1cc(SOOO)cc(SOOO)c1. The molecule has 0 amide bonds. The Morgan fingerprint density at radius 2 is 1.21 bits per heavy atom. The second-order valence-corrected chi connectivity index (χ2v) is 18.6. The van der Waals surface area contributed by atoms with Crippen LogP contribution in [0, 0.1) is 32.1 Å². The number of pyridine rings is 1. The molecular weight excluding hydrogens is 963 g/mol. The molecule has 0 saturated heterocycles. The van der Waals surface area contributed by atoms with Gasteiger partial charge in [-0.25, -0.2) is 15.5 Å². The van der Waals surface area contributed by atoms with E-state index in [1.807, 2.05) is 0 Å². The van der Waals surface area contributed by atoms with Crippen molar-refractivity contribution in [3.05, 3.63) is 89.0 Å². The van der Waals surface area contributed by atoms with E-state index in [9.17, 15) is 36.3 Å². The van der Waals surface area contributed by atoms with Gasteiger partial charge in [0, 0.05) is 27.5 Å². The number of hydrogen-bond acceptors (Lipinski definition) is 23. The maximum Gasteiger partial charge on any atom is 0.264 e. The number of fused-ring (bicyclic) bond motifs is 3. The fourth-order valence-electron chi connectivity index (χ4n) is 6.14. The van der Waals surface area contributed by atoms with E-state index in [1.165, 1.54) is 34.7 Å². The molecule has 0 aliphatic heterocycles. The van der Waals surface area contributed by atoms with Crippen LogP contribution in [0.3, 0.4) is 0 Å². The van der Waals surface area contributed by atoms with Crippen molar-refractivity contribution in [3.63, 3.8) is 0 Å². The molecule has 0 radical (unpaired) electrons. The Hall–Kier alpha value is -6.20. The Bertz CT molecular complexity index is 3140. The number of rotatable bonds is 22. The number of aromatic nitrogens is 2. The Balaban J connectivity index is 1.37. The molecule has 352 valence electrons. The van der Waals surface area contributed by atoms with E-state index in [0.29, 0.717) is 61.6 Å². The number of nitrogens with zero attached hydrogens (tertiary/aromatic N) is 9. The summed E-state index contributed by atoms with van der Waals surface area (Å²) in [6, 6.07) is 19.7. The summed E-state index contributed by atoms with van der Waals surface area (Å²) >= 11 is 1.24. The third-order valence-electron chi connectivity index (χ3n) is 9.20. The highest BCUT2D eigenvalue weighted by molar-refractivity contribution is 7.95. The highest BCUT2D eigenvalue weighted by Gasteiger charge is 2.21. The molecule has 0 aliphatic rings. The summed E-state index contributed by atoms with van der Waals surface area (Å²) in [6.07, 6.45) is -0.207. The molecule has 2 heterocycles. The number of nitriles is 1. The highest BCUT2D eigenvalue weighted by Crippen LogP contribution is 2.43. The van der Waals surface area contributed by atoms with Crippen LogP contribution in [-0.2, 0) is 39.0 Å². The van der Waals surface area contributed by atoms with Crippen LogP contribution >= 0.6 is 24.1 Å². The maximum atomic E-state index is 11.5. The van der Waals surface area contributed by atoms with Crippen molar-refractivity contribution in [1.29, 1.82) is 5.26 Å². The van der Waals surface area contributed by atoms with Crippen molar-refractivity contribution < 1.29 is 69.8 Å². The molecule has 0 aliphatic carbocycles. The summed E-state index contributed by atoms with van der Waals surface area (Å²) in [7, 11) is -8.60. The normalized spacial score (nSPS) is 12.3. The zero-order valence-electron chi connectivity index (χ0n) is 35.1. The maximum absolute atomic E-state index is 11.5. The van der Waals surface area contributed by atoms with Gasteiger partial charge in [0.25, 0.3) is 20.2 Å². The van der Waals surface area contributed by atoms with Crippen LogP contribution in [-0.4, -0.2) is 75.7 Å². The van der Waals surface area contributed by atoms with Gasteiger partial charge < -0.3 is 14.6 Å². The molecule has 0 fully saturated rings. The zero-order chi connectivity index (χ0) is 48.3. The van der Waals surface area contributed by atoms with E-state index in [4.69, 9.17) is 20.0 Å². The number of ether oxygens (including phenoxy) is 2. The lowest BCUT2D eigenvalue weighted by Gasteiger charge is -2.12. The molecule has 0 bridgehead atoms. The van der Waals surface area contributed by atoms with Gasteiger partial charge in [0.1, 0.15) is 34.5 Å². The van der Waals surface area contributed by atoms with Crippen molar-refractivity contribution in [2.75, 3.05) is 24.7 Å². The van der Waals surface area contributed by atoms with E-state index < -0.39 is 31.7 Å². The molecule has 28 heteroatoms. The number of aromatic hydroxyl groups is 1. The Kier molecular flexibility index (Phi) is 16.9. The zero-order valence-corrected chi connectivity index (χ0v) is 38.3. The van der Waals surface area contributed by atoms with Crippen molar-refractivity contribution in [2.24, 2.45) is 30.7 Å². The molecule has 67 heavy (non-hydrogen) atoms. The van der Waals surface area contributed by atoms with Crippen molar-refractivity contribution in [1.82, 2.24) is 9.38 Å². The third-order valence-corrected chi connectivity index (χ3v) is 11.9. The van der Waals surface area contributed by atoms with Gasteiger partial charge in [-0.15, -0.1) is 24.0 Å². The monoisotopic (exact) mass is 999 g/mol. The number of para-hydroxylation sites is 2. The molecule has 5 N–H and O–H groups in total. The number of imidazole rings is 1. The van der Waals surface area contributed by atoms with E-state index >= 15 is 0 Å². The minimum Gasteiger partial charge on any atom is -0.493 e. The summed E-state index contributed by atoms with van der Waals surface area (Å²) in [6.45, 7) is 4.58. The topological polar surface area (TPSA) is 340 Å². The van der Waals surface area contributed by atoms with Gasteiger partial charge in [-0.05, 0) is 87.2 Å². The molecule has 0 atom stereocenters. The minimum atomic E-state index is -4.31. The Labute approximate surface area is 389 Å². The summed E-state index contributed by atoms with van der Waals surface area (Å²) in [5, 5.41) is 72.2. The molecule has 6 aromatic rings. The number of aryl methyl sites for hydroxylation is 2. The van der Waals surface area contributed by atoms with Crippen LogP contribution in [0.25, 0.3) is 16.7 Å². The average Bonchev–Trinajstić information content (AvgIpc) is 3.67. The number of hydrogen-bond donors (Lipinski definition) is 5. The second-order valence-electron chi connectivity index (χ2n) is 13.9. The van der Waals surface area contributed by atoms with E-state index in [1.54, 1.807) is 57.2 Å². The fourth-order valence-corrected chi connectivity index (χ4v) is 8.08. The molecule has 0 unspecified atom stereocenters. The largest absolute Gasteiger partial charge is 0.493 e. The fraction of sp³-hybridized carbons (Fsp3) is 0.231. The predicted molar refractivity (Wildman–Crippen MR) is 240 cm³/mol. The first-order valence-corrected chi connectivity index (χ1v) is 23.9. The molecular formula is C39H37N9O15S4. The molecule has 2 aromatic heterocycles. The molecule has 0 spiro atoms. The van der Waals surface area contributed by atoms with Gasteiger partial charge >= 0.3 is 0 Å². The number of azo groups is 3. The van der Waals surface area contributed by atoms with Crippen LogP contribution in [0.4, 0.5) is 34.1 Å². The minimum absolute atomic E-state index is 0.0322. The van der Waals surface area contributed by atoms with Crippen LogP contribution in [0.15, 0.2) is 107 Å². The number of benzene rings is 4. The predicted octanol–water partition coefficient (Wildman–Crippen LogP) is 10.4. The van der Waals surface area contributed by atoms with Gasteiger partial charge in [-0.3, -0.25) is 13.5 Å². The quantitative estimate of drug-likeness (QED) is 0.0105. The molecule has 24 nitrogen and oxygen atoms in total. The van der Waals surface area contributed by atoms with Crippen LogP contribution in [0.2, 0.25) is 0 Å². The summed E-state index contributed by atoms with van der Waals surface area (Å²) in [4.78, 5) is 5.25. The van der Waals surface area contributed by atoms with E-state index in [-0.39, 0.29) is 88.8 Å². The molecule has 6 rings (SSSR count). The molecule has 4 aromatic carbocycles.